The maximum Gasteiger partial charge on any atom is 0.284 e. The number of amides is 2. The zero-order valence-electron chi connectivity index (χ0n) is 15.2. The van der Waals surface area contributed by atoms with Crippen molar-refractivity contribution in [3.63, 3.8) is 0 Å². The highest BCUT2D eigenvalue weighted by Crippen LogP contribution is 2.29. The Bertz CT molecular complexity index is 914. The van der Waals surface area contributed by atoms with Crippen LogP contribution in [0, 0.1) is 12.3 Å². The minimum absolute atomic E-state index is 0.148. The van der Waals surface area contributed by atoms with E-state index in [1.807, 2.05) is 28.8 Å². The number of primary amides is 1. The molecule has 0 radical (unpaired) electrons. The van der Waals surface area contributed by atoms with Gasteiger partial charge in [0.05, 0.1) is 5.69 Å². The van der Waals surface area contributed by atoms with E-state index in [1.54, 1.807) is 7.05 Å². The Labute approximate surface area is 157 Å². The van der Waals surface area contributed by atoms with Gasteiger partial charge < -0.3 is 20.3 Å². The minimum Gasteiger partial charge on any atom is -0.383 e. The topological polar surface area (TPSA) is 101 Å². The summed E-state index contributed by atoms with van der Waals surface area (Å²) in [5.74, 6) is 2.32. The molecule has 3 N–H and O–H groups in total. The van der Waals surface area contributed by atoms with Crippen molar-refractivity contribution in [3.8, 4) is 23.6 Å². The van der Waals surface area contributed by atoms with Gasteiger partial charge in [0.15, 0.2) is 5.82 Å². The van der Waals surface area contributed by atoms with Crippen LogP contribution < -0.4 is 5.73 Å². The molecular weight excluding hydrogens is 344 g/mol. The average molecular weight is 366 g/mol. The fourth-order valence-corrected chi connectivity index (χ4v) is 3.36. The third-order valence-electron chi connectivity index (χ3n) is 4.79. The SMILES string of the molecule is C#Cc1cccc(-c2nc(C(N)=O)n3c2CCC3)c1.CN1CC[C@H](O)C1=O. The number of likely N-dealkylation sites (N-methyl/N-ethyl adjacent to an activating group) is 1. The number of carbonyl (C=O) groups is 2. The number of carbonyl (C=O) groups excluding carboxylic acids is 2. The molecule has 1 saturated heterocycles. The number of benzene rings is 1. The lowest BCUT2D eigenvalue weighted by Gasteiger charge is -2.04. The van der Waals surface area contributed by atoms with Gasteiger partial charge in [-0.15, -0.1) is 6.42 Å². The Morgan fingerprint density at radius 3 is 2.74 bits per heavy atom. The quantitative estimate of drug-likeness (QED) is 0.767. The molecule has 0 bridgehead atoms. The fraction of sp³-hybridized carbons (Fsp3) is 0.350. The summed E-state index contributed by atoms with van der Waals surface area (Å²) in [6.07, 6.45) is 7.21. The van der Waals surface area contributed by atoms with Crippen molar-refractivity contribution in [1.82, 2.24) is 14.5 Å². The molecule has 3 heterocycles. The number of aliphatic hydroxyl groups excluding tert-OH is 1. The number of aromatic nitrogens is 2. The van der Waals surface area contributed by atoms with Crippen LogP contribution in [0.1, 0.15) is 34.7 Å². The van der Waals surface area contributed by atoms with Crippen molar-refractivity contribution < 1.29 is 14.7 Å². The molecule has 1 aromatic heterocycles. The number of terminal acetylenes is 1. The molecule has 2 amide bonds. The first kappa shape index (κ1) is 18.7. The van der Waals surface area contributed by atoms with Crippen LogP contribution in [-0.2, 0) is 17.8 Å². The van der Waals surface area contributed by atoms with Crippen molar-refractivity contribution in [2.45, 2.75) is 31.9 Å². The van der Waals surface area contributed by atoms with Crippen LogP contribution in [0.3, 0.4) is 0 Å². The number of hydrogen-bond donors (Lipinski definition) is 2. The zero-order valence-corrected chi connectivity index (χ0v) is 15.2. The van der Waals surface area contributed by atoms with E-state index >= 15 is 0 Å². The number of nitrogens with zero attached hydrogens (tertiary/aromatic N) is 3. The van der Waals surface area contributed by atoms with Gasteiger partial charge in [-0.25, -0.2) is 4.98 Å². The van der Waals surface area contributed by atoms with E-state index in [0.717, 1.165) is 41.9 Å². The van der Waals surface area contributed by atoms with Gasteiger partial charge in [0.2, 0.25) is 0 Å². The van der Waals surface area contributed by atoms with Gasteiger partial charge in [0.25, 0.3) is 11.8 Å². The normalized spacial score (nSPS) is 17.9. The van der Waals surface area contributed by atoms with Crippen LogP contribution in [0.5, 0.6) is 0 Å². The Balaban J connectivity index is 0.000000221. The predicted molar refractivity (Wildman–Crippen MR) is 101 cm³/mol. The van der Waals surface area contributed by atoms with Crippen molar-refractivity contribution in [2.24, 2.45) is 5.73 Å². The van der Waals surface area contributed by atoms with Gasteiger partial charge in [-0.2, -0.15) is 0 Å². The molecule has 0 aliphatic carbocycles. The van der Waals surface area contributed by atoms with Crippen molar-refractivity contribution in [1.29, 1.82) is 0 Å². The highest BCUT2D eigenvalue weighted by molar-refractivity contribution is 5.90. The second-order valence-corrected chi connectivity index (χ2v) is 6.64. The summed E-state index contributed by atoms with van der Waals surface area (Å²) >= 11 is 0. The smallest absolute Gasteiger partial charge is 0.284 e. The number of hydrogen-bond acceptors (Lipinski definition) is 4. The highest BCUT2D eigenvalue weighted by atomic mass is 16.3. The Morgan fingerprint density at radius 1 is 1.41 bits per heavy atom. The fourth-order valence-electron chi connectivity index (χ4n) is 3.36. The molecule has 1 fully saturated rings. The molecule has 27 heavy (non-hydrogen) atoms. The number of imidazole rings is 1. The zero-order chi connectivity index (χ0) is 19.6. The summed E-state index contributed by atoms with van der Waals surface area (Å²) in [6.45, 7) is 1.50. The molecule has 0 saturated carbocycles. The summed E-state index contributed by atoms with van der Waals surface area (Å²) < 4.78 is 1.92. The summed E-state index contributed by atoms with van der Waals surface area (Å²) in [7, 11) is 1.69. The van der Waals surface area contributed by atoms with Crippen LogP contribution in [0.4, 0.5) is 0 Å². The van der Waals surface area contributed by atoms with Crippen LogP contribution >= 0.6 is 0 Å². The molecule has 1 atom stereocenters. The second kappa shape index (κ2) is 7.64. The molecular formula is C20H22N4O3. The summed E-state index contributed by atoms with van der Waals surface area (Å²) in [4.78, 5) is 27.9. The predicted octanol–water partition coefficient (Wildman–Crippen LogP) is 0.786. The van der Waals surface area contributed by atoms with E-state index in [1.165, 1.54) is 4.90 Å². The van der Waals surface area contributed by atoms with Gasteiger partial charge in [-0.1, -0.05) is 18.1 Å². The van der Waals surface area contributed by atoms with Gasteiger partial charge >= 0.3 is 0 Å². The van der Waals surface area contributed by atoms with E-state index in [0.29, 0.717) is 18.8 Å². The number of rotatable bonds is 2. The number of likely N-dealkylation sites (tertiary alicyclic amines) is 1. The Kier molecular flexibility index (Phi) is 5.28. The molecule has 0 spiro atoms. The first-order valence-electron chi connectivity index (χ1n) is 8.81. The lowest BCUT2D eigenvalue weighted by atomic mass is 10.1. The van der Waals surface area contributed by atoms with Crippen LogP contribution in [0.2, 0.25) is 0 Å². The standard InChI is InChI=1S/C15H13N3O.C5H9NO2/c1-2-10-5-3-6-11(9-10)13-12-7-4-8-18(12)15(17-13)14(16)19;1-6-3-2-4(7)5(6)8/h1,3,5-6,9H,4,7-8H2,(H2,16,19);4,7H,2-3H2,1H3/t;4-/m.0/s1. The third kappa shape index (κ3) is 3.71. The first-order chi connectivity index (χ1) is 12.9. The molecule has 1 aromatic carbocycles. The van der Waals surface area contributed by atoms with Crippen molar-refractivity contribution >= 4 is 11.8 Å². The minimum atomic E-state index is -0.722. The molecule has 2 aliphatic heterocycles. The van der Waals surface area contributed by atoms with E-state index in [9.17, 15) is 9.59 Å². The molecule has 7 heteroatoms. The molecule has 4 rings (SSSR count). The van der Waals surface area contributed by atoms with E-state index in [2.05, 4.69) is 10.9 Å². The average Bonchev–Trinajstić information content (AvgIpc) is 3.34. The van der Waals surface area contributed by atoms with E-state index in [-0.39, 0.29) is 5.91 Å². The summed E-state index contributed by atoms with van der Waals surface area (Å²) in [6, 6.07) is 7.63. The Morgan fingerprint density at radius 2 is 2.19 bits per heavy atom. The lowest BCUT2D eigenvalue weighted by molar-refractivity contribution is -0.133. The molecule has 0 unspecified atom stereocenters. The summed E-state index contributed by atoms with van der Waals surface area (Å²) in [5.41, 5.74) is 9.02. The highest BCUT2D eigenvalue weighted by Gasteiger charge is 2.26. The maximum absolute atomic E-state index is 11.4. The van der Waals surface area contributed by atoms with Crippen LogP contribution in [0.25, 0.3) is 11.3 Å². The van der Waals surface area contributed by atoms with Crippen LogP contribution in [-0.4, -0.2) is 51.1 Å². The van der Waals surface area contributed by atoms with Gasteiger partial charge in [-0.05, 0) is 31.4 Å². The van der Waals surface area contributed by atoms with E-state index in [4.69, 9.17) is 17.3 Å². The van der Waals surface area contributed by atoms with Crippen molar-refractivity contribution in [3.05, 3.63) is 41.3 Å². The van der Waals surface area contributed by atoms with Gasteiger partial charge in [0.1, 0.15) is 6.10 Å². The molecule has 2 aliphatic rings. The third-order valence-corrected chi connectivity index (χ3v) is 4.79. The summed E-state index contributed by atoms with van der Waals surface area (Å²) in [5, 5.41) is 8.78. The molecule has 2 aromatic rings. The largest absolute Gasteiger partial charge is 0.383 e. The number of aliphatic hydroxyl groups is 1. The molecule has 140 valence electrons. The first-order valence-corrected chi connectivity index (χ1v) is 8.81. The van der Waals surface area contributed by atoms with E-state index < -0.39 is 12.0 Å². The van der Waals surface area contributed by atoms with Crippen molar-refractivity contribution in [2.75, 3.05) is 13.6 Å². The monoisotopic (exact) mass is 366 g/mol. The van der Waals surface area contributed by atoms with Crippen LogP contribution in [0.15, 0.2) is 24.3 Å². The number of fused-ring (bicyclic) bond motifs is 1. The molecule has 7 nitrogen and oxygen atoms in total. The maximum atomic E-state index is 11.4. The van der Waals surface area contributed by atoms with Gasteiger partial charge in [0, 0.05) is 37.0 Å². The lowest BCUT2D eigenvalue weighted by Crippen LogP contribution is -2.24. The second-order valence-electron chi connectivity index (χ2n) is 6.64. The number of nitrogens with two attached hydrogens (primary N) is 1. The Hall–Kier alpha value is -3.11. The van der Waals surface area contributed by atoms with Gasteiger partial charge in [-0.3, -0.25) is 9.59 Å².